The van der Waals surface area contributed by atoms with Gasteiger partial charge in [-0.25, -0.2) is 0 Å². The lowest BCUT2D eigenvalue weighted by Crippen LogP contribution is -2.38. The van der Waals surface area contributed by atoms with Crippen LogP contribution in [0.1, 0.15) is 31.0 Å². The molecule has 1 unspecified atom stereocenters. The maximum Gasteiger partial charge on any atom is 0.260 e. The summed E-state index contributed by atoms with van der Waals surface area (Å²) >= 11 is 0. The molecule has 0 saturated heterocycles. The first kappa shape index (κ1) is 16.5. The zero-order chi connectivity index (χ0) is 15.1. The molecule has 5 nitrogen and oxygen atoms in total. The molecule has 0 radical (unpaired) electrons. The van der Waals surface area contributed by atoms with Gasteiger partial charge in [-0.2, -0.15) is 0 Å². The molecule has 0 heterocycles. The summed E-state index contributed by atoms with van der Waals surface area (Å²) in [5, 5.41) is 2.74. The van der Waals surface area contributed by atoms with Crippen LogP contribution < -0.4 is 15.8 Å². The van der Waals surface area contributed by atoms with Gasteiger partial charge in [0, 0.05) is 19.7 Å². The summed E-state index contributed by atoms with van der Waals surface area (Å²) in [5.74, 6) is 0.543. The van der Waals surface area contributed by atoms with Gasteiger partial charge in [0.15, 0.2) is 6.10 Å². The number of methoxy groups -OCH3 is 1. The number of hydrogen-bond donors (Lipinski definition) is 2. The number of hydrogen-bond acceptors (Lipinski definition) is 4. The fraction of sp³-hybridized carbons (Fsp3) is 0.533. The Balaban J connectivity index is 2.61. The van der Waals surface area contributed by atoms with E-state index in [0.717, 1.165) is 11.1 Å². The van der Waals surface area contributed by atoms with E-state index < -0.39 is 6.10 Å². The van der Waals surface area contributed by atoms with E-state index in [0.29, 0.717) is 18.9 Å². The molecule has 0 aliphatic heterocycles. The van der Waals surface area contributed by atoms with Crippen LogP contribution in [0.5, 0.6) is 5.75 Å². The van der Waals surface area contributed by atoms with Gasteiger partial charge in [0.25, 0.3) is 5.91 Å². The first-order valence-corrected chi connectivity index (χ1v) is 6.75. The van der Waals surface area contributed by atoms with Crippen LogP contribution in [-0.4, -0.2) is 32.3 Å². The highest BCUT2D eigenvalue weighted by Crippen LogP contribution is 2.22. The Morgan fingerprint density at radius 3 is 2.65 bits per heavy atom. The van der Waals surface area contributed by atoms with E-state index >= 15 is 0 Å². The average Bonchev–Trinajstić information content (AvgIpc) is 2.40. The molecule has 1 rings (SSSR count). The van der Waals surface area contributed by atoms with Gasteiger partial charge in [-0.3, -0.25) is 4.79 Å². The van der Waals surface area contributed by atoms with E-state index in [1.807, 2.05) is 32.0 Å². The van der Waals surface area contributed by atoms with E-state index in [9.17, 15) is 4.79 Å². The fourth-order valence-corrected chi connectivity index (χ4v) is 1.75. The van der Waals surface area contributed by atoms with Crippen LogP contribution in [-0.2, 0) is 9.53 Å². The molecule has 0 spiro atoms. The SMILES string of the molecule is COCCNC(=O)C(C)Oc1ccc([C@H](C)N)cc1C. The van der Waals surface area contributed by atoms with E-state index in [-0.39, 0.29) is 11.9 Å². The zero-order valence-corrected chi connectivity index (χ0v) is 12.6. The topological polar surface area (TPSA) is 73.6 Å². The first-order chi connectivity index (χ1) is 9.45. The maximum atomic E-state index is 11.8. The summed E-state index contributed by atoms with van der Waals surface area (Å²) in [5.41, 5.74) is 7.85. The van der Waals surface area contributed by atoms with Crippen molar-refractivity contribution in [3.05, 3.63) is 29.3 Å². The summed E-state index contributed by atoms with van der Waals surface area (Å²) in [4.78, 5) is 11.8. The molecular formula is C15H24N2O3. The molecule has 20 heavy (non-hydrogen) atoms. The van der Waals surface area contributed by atoms with E-state index in [1.54, 1.807) is 14.0 Å². The van der Waals surface area contributed by atoms with Crippen LogP contribution in [0.2, 0.25) is 0 Å². The fourth-order valence-electron chi connectivity index (χ4n) is 1.75. The highest BCUT2D eigenvalue weighted by atomic mass is 16.5. The minimum Gasteiger partial charge on any atom is -0.481 e. The minimum atomic E-state index is -0.549. The van der Waals surface area contributed by atoms with Gasteiger partial charge < -0.3 is 20.5 Å². The molecule has 1 amide bonds. The van der Waals surface area contributed by atoms with E-state index in [2.05, 4.69) is 5.32 Å². The van der Waals surface area contributed by atoms with Gasteiger partial charge in [0.2, 0.25) is 0 Å². The van der Waals surface area contributed by atoms with Crippen LogP contribution >= 0.6 is 0 Å². The molecule has 0 aromatic heterocycles. The summed E-state index contributed by atoms with van der Waals surface area (Å²) < 4.78 is 10.6. The predicted molar refractivity (Wildman–Crippen MR) is 78.8 cm³/mol. The molecule has 1 aromatic rings. The number of rotatable bonds is 7. The van der Waals surface area contributed by atoms with Crippen LogP contribution in [0.15, 0.2) is 18.2 Å². The molecule has 112 valence electrons. The Kier molecular flexibility index (Phi) is 6.48. The van der Waals surface area contributed by atoms with Crippen LogP contribution in [0.4, 0.5) is 0 Å². The molecular weight excluding hydrogens is 256 g/mol. The molecule has 1 aromatic carbocycles. The predicted octanol–water partition coefficient (Wildman–Crippen LogP) is 1.54. The van der Waals surface area contributed by atoms with Crippen molar-refractivity contribution >= 4 is 5.91 Å². The third kappa shape index (κ3) is 4.83. The van der Waals surface area contributed by atoms with Crippen molar-refractivity contribution in [2.24, 2.45) is 5.73 Å². The molecule has 0 aliphatic rings. The third-order valence-electron chi connectivity index (χ3n) is 3.00. The molecule has 5 heteroatoms. The van der Waals surface area contributed by atoms with Crippen LogP contribution in [0.3, 0.4) is 0 Å². The number of benzene rings is 1. The average molecular weight is 280 g/mol. The second kappa shape index (κ2) is 7.87. The van der Waals surface area contributed by atoms with Gasteiger partial charge in [0.1, 0.15) is 5.75 Å². The van der Waals surface area contributed by atoms with Crippen molar-refractivity contribution in [1.29, 1.82) is 0 Å². The number of aryl methyl sites for hydroxylation is 1. The summed E-state index contributed by atoms with van der Waals surface area (Å²) in [7, 11) is 1.59. The number of nitrogens with two attached hydrogens (primary N) is 1. The molecule has 0 aliphatic carbocycles. The molecule has 0 bridgehead atoms. The molecule has 2 atom stereocenters. The lowest BCUT2D eigenvalue weighted by Gasteiger charge is -2.17. The quantitative estimate of drug-likeness (QED) is 0.743. The third-order valence-corrected chi connectivity index (χ3v) is 3.00. The van der Waals surface area contributed by atoms with E-state index in [1.165, 1.54) is 0 Å². The van der Waals surface area contributed by atoms with Crippen molar-refractivity contribution in [2.45, 2.75) is 32.9 Å². The van der Waals surface area contributed by atoms with E-state index in [4.69, 9.17) is 15.2 Å². The summed E-state index contributed by atoms with van der Waals surface area (Å²) in [6.07, 6.45) is -0.549. The number of carbonyl (C=O) groups is 1. The monoisotopic (exact) mass is 280 g/mol. The highest BCUT2D eigenvalue weighted by Gasteiger charge is 2.15. The second-order valence-corrected chi connectivity index (χ2v) is 4.86. The second-order valence-electron chi connectivity index (χ2n) is 4.86. The molecule has 0 fully saturated rings. The van der Waals surface area contributed by atoms with Gasteiger partial charge in [-0.15, -0.1) is 0 Å². The van der Waals surface area contributed by atoms with Crippen molar-refractivity contribution < 1.29 is 14.3 Å². The number of amides is 1. The lowest BCUT2D eigenvalue weighted by atomic mass is 10.1. The van der Waals surface area contributed by atoms with Gasteiger partial charge in [-0.1, -0.05) is 12.1 Å². The standard InChI is InChI=1S/C15H24N2O3/c1-10-9-13(11(2)16)5-6-14(10)20-12(3)15(18)17-7-8-19-4/h5-6,9,11-12H,7-8,16H2,1-4H3,(H,17,18)/t11-,12?/m0/s1. The van der Waals surface area contributed by atoms with Crippen molar-refractivity contribution in [3.63, 3.8) is 0 Å². The number of ether oxygens (including phenoxy) is 2. The van der Waals surface area contributed by atoms with Crippen molar-refractivity contribution in [2.75, 3.05) is 20.3 Å². The Hall–Kier alpha value is -1.59. The summed E-state index contributed by atoms with van der Waals surface area (Å²) in [6, 6.07) is 5.74. The van der Waals surface area contributed by atoms with Crippen molar-refractivity contribution in [1.82, 2.24) is 5.32 Å². The summed E-state index contributed by atoms with van der Waals surface area (Å²) in [6.45, 7) is 6.56. The lowest BCUT2D eigenvalue weighted by molar-refractivity contribution is -0.127. The Labute approximate surface area is 120 Å². The first-order valence-electron chi connectivity index (χ1n) is 6.75. The number of carbonyl (C=O) groups excluding carboxylic acids is 1. The van der Waals surface area contributed by atoms with Gasteiger partial charge in [0.05, 0.1) is 6.61 Å². The molecule has 3 N–H and O–H groups in total. The zero-order valence-electron chi connectivity index (χ0n) is 12.6. The van der Waals surface area contributed by atoms with Crippen LogP contribution in [0, 0.1) is 6.92 Å². The van der Waals surface area contributed by atoms with Gasteiger partial charge >= 0.3 is 0 Å². The Morgan fingerprint density at radius 2 is 2.10 bits per heavy atom. The normalized spacial score (nSPS) is 13.7. The number of nitrogens with one attached hydrogen (secondary N) is 1. The van der Waals surface area contributed by atoms with Crippen LogP contribution in [0.25, 0.3) is 0 Å². The van der Waals surface area contributed by atoms with Gasteiger partial charge in [-0.05, 0) is 38.0 Å². The smallest absolute Gasteiger partial charge is 0.260 e. The highest BCUT2D eigenvalue weighted by molar-refractivity contribution is 5.80. The largest absolute Gasteiger partial charge is 0.481 e. The van der Waals surface area contributed by atoms with Crippen molar-refractivity contribution in [3.8, 4) is 5.75 Å². The Bertz CT molecular complexity index is 447. The minimum absolute atomic E-state index is 0.0162. The molecule has 0 saturated carbocycles. The maximum absolute atomic E-state index is 11.8. The Morgan fingerprint density at radius 1 is 1.40 bits per heavy atom.